The molecule has 2 N–H and O–H groups in total. The molecule has 0 saturated heterocycles. The average Bonchev–Trinajstić information content (AvgIpc) is 3.05. The third kappa shape index (κ3) is 4.31. The van der Waals surface area contributed by atoms with Crippen molar-refractivity contribution in [2.45, 2.75) is 32.2 Å². The molecule has 1 unspecified atom stereocenters. The van der Waals surface area contributed by atoms with Gasteiger partial charge in [0.2, 0.25) is 0 Å². The maximum atomic E-state index is 12.6. The maximum absolute atomic E-state index is 12.6. The Bertz CT molecular complexity index is 1090. The fourth-order valence-electron chi connectivity index (χ4n) is 4.41. The minimum Gasteiger partial charge on any atom is -0.481 e. The number of carboxylic acids is 1. The molecule has 0 saturated carbocycles. The lowest BCUT2D eigenvalue weighted by atomic mass is 9.97. The SMILES string of the molecule is Cc1ccc(C(CC(=O)O)NC(=O)OCC2c3ccccc3-c3ccccc32)c(C)c1. The van der Waals surface area contributed by atoms with Crippen LogP contribution in [0, 0.1) is 13.8 Å². The van der Waals surface area contributed by atoms with Crippen LogP contribution in [0.4, 0.5) is 4.79 Å². The van der Waals surface area contributed by atoms with Gasteiger partial charge < -0.3 is 15.2 Å². The fraction of sp³-hybridized carbons (Fsp3) is 0.231. The minimum atomic E-state index is -0.982. The summed E-state index contributed by atoms with van der Waals surface area (Å²) in [4.78, 5) is 24.0. The van der Waals surface area contributed by atoms with Crippen molar-refractivity contribution in [3.8, 4) is 11.1 Å². The number of aliphatic carboxylic acids is 1. The molecule has 1 atom stereocenters. The molecule has 3 aromatic rings. The van der Waals surface area contributed by atoms with E-state index >= 15 is 0 Å². The molecule has 3 aromatic carbocycles. The normalized spacial score (nSPS) is 13.2. The zero-order valence-corrected chi connectivity index (χ0v) is 17.6. The second-order valence-electron chi connectivity index (χ2n) is 7.98. The van der Waals surface area contributed by atoms with E-state index in [9.17, 15) is 14.7 Å². The van der Waals surface area contributed by atoms with Gasteiger partial charge in [-0.1, -0.05) is 72.3 Å². The third-order valence-electron chi connectivity index (χ3n) is 5.82. The molecule has 0 spiro atoms. The lowest BCUT2D eigenvalue weighted by Crippen LogP contribution is -2.32. The van der Waals surface area contributed by atoms with Gasteiger partial charge in [0.25, 0.3) is 0 Å². The van der Waals surface area contributed by atoms with Crippen molar-refractivity contribution in [1.82, 2.24) is 5.32 Å². The number of alkyl carbamates (subject to hydrolysis) is 1. The van der Waals surface area contributed by atoms with Crippen LogP contribution in [-0.2, 0) is 9.53 Å². The van der Waals surface area contributed by atoms with E-state index in [0.717, 1.165) is 38.9 Å². The molecule has 1 aliphatic rings. The van der Waals surface area contributed by atoms with Crippen molar-refractivity contribution < 1.29 is 19.4 Å². The van der Waals surface area contributed by atoms with Crippen LogP contribution in [0.3, 0.4) is 0 Å². The second-order valence-corrected chi connectivity index (χ2v) is 7.98. The number of benzene rings is 3. The van der Waals surface area contributed by atoms with E-state index in [4.69, 9.17) is 4.74 Å². The van der Waals surface area contributed by atoms with E-state index < -0.39 is 18.1 Å². The molecule has 0 fully saturated rings. The number of fused-ring (bicyclic) bond motifs is 3. The number of hydrogen-bond acceptors (Lipinski definition) is 3. The Hall–Kier alpha value is -3.60. The molecule has 1 aliphatic carbocycles. The predicted molar refractivity (Wildman–Crippen MR) is 119 cm³/mol. The van der Waals surface area contributed by atoms with Crippen LogP contribution >= 0.6 is 0 Å². The molecule has 5 nitrogen and oxygen atoms in total. The lowest BCUT2D eigenvalue weighted by molar-refractivity contribution is -0.137. The number of aryl methyl sites for hydroxylation is 2. The Morgan fingerprint density at radius 2 is 1.58 bits per heavy atom. The molecular weight excluding hydrogens is 390 g/mol. The van der Waals surface area contributed by atoms with Crippen LogP contribution in [0.5, 0.6) is 0 Å². The number of carbonyl (C=O) groups excluding carboxylic acids is 1. The molecular formula is C26H25NO4. The highest BCUT2D eigenvalue weighted by molar-refractivity contribution is 5.79. The monoisotopic (exact) mass is 415 g/mol. The number of hydrogen-bond donors (Lipinski definition) is 2. The first kappa shape index (κ1) is 20.7. The fourth-order valence-corrected chi connectivity index (χ4v) is 4.41. The summed E-state index contributed by atoms with van der Waals surface area (Å²) in [6.45, 7) is 4.07. The van der Waals surface area contributed by atoms with E-state index in [1.807, 2.05) is 56.3 Å². The molecule has 0 aliphatic heterocycles. The van der Waals surface area contributed by atoms with Gasteiger partial charge in [-0.2, -0.15) is 0 Å². The molecule has 1 amide bonds. The summed E-state index contributed by atoms with van der Waals surface area (Å²) < 4.78 is 5.59. The number of carboxylic acid groups (broad SMARTS) is 1. The largest absolute Gasteiger partial charge is 0.481 e. The Kier molecular flexibility index (Phi) is 5.76. The highest BCUT2D eigenvalue weighted by atomic mass is 16.5. The molecule has 0 bridgehead atoms. The van der Waals surface area contributed by atoms with Gasteiger partial charge in [0, 0.05) is 5.92 Å². The number of ether oxygens (including phenoxy) is 1. The van der Waals surface area contributed by atoms with Crippen molar-refractivity contribution in [2.75, 3.05) is 6.61 Å². The van der Waals surface area contributed by atoms with Gasteiger partial charge in [-0.05, 0) is 47.2 Å². The van der Waals surface area contributed by atoms with Crippen molar-refractivity contribution in [3.63, 3.8) is 0 Å². The minimum absolute atomic E-state index is 0.0443. The molecule has 4 rings (SSSR count). The van der Waals surface area contributed by atoms with Gasteiger partial charge in [0.15, 0.2) is 0 Å². The van der Waals surface area contributed by atoms with Crippen molar-refractivity contribution in [2.24, 2.45) is 0 Å². The molecule has 0 heterocycles. The highest BCUT2D eigenvalue weighted by Crippen LogP contribution is 2.44. The summed E-state index contributed by atoms with van der Waals surface area (Å²) in [6, 6.07) is 21.4. The smallest absolute Gasteiger partial charge is 0.407 e. The van der Waals surface area contributed by atoms with Crippen molar-refractivity contribution in [3.05, 3.63) is 94.5 Å². The van der Waals surface area contributed by atoms with E-state index in [1.54, 1.807) is 0 Å². The van der Waals surface area contributed by atoms with Gasteiger partial charge in [-0.25, -0.2) is 4.79 Å². The van der Waals surface area contributed by atoms with Crippen molar-refractivity contribution in [1.29, 1.82) is 0 Å². The lowest BCUT2D eigenvalue weighted by Gasteiger charge is -2.21. The Balaban J connectivity index is 1.50. The van der Waals surface area contributed by atoms with Crippen LogP contribution in [0.25, 0.3) is 11.1 Å². The zero-order chi connectivity index (χ0) is 22.0. The molecule has 31 heavy (non-hydrogen) atoms. The summed E-state index contributed by atoms with van der Waals surface area (Å²) in [5, 5.41) is 12.1. The summed E-state index contributed by atoms with van der Waals surface area (Å²) >= 11 is 0. The predicted octanol–water partition coefficient (Wildman–Crippen LogP) is 5.36. The first-order valence-electron chi connectivity index (χ1n) is 10.3. The van der Waals surface area contributed by atoms with Crippen LogP contribution in [0.15, 0.2) is 66.7 Å². The van der Waals surface area contributed by atoms with Gasteiger partial charge in [-0.15, -0.1) is 0 Å². The van der Waals surface area contributed by atoms with Gasteiger partial charge >= 0.3 is 12.1 Å². The van der Waals surface area contributed by atoms with Crippen LogP contribution < -0.4 is 5.32 Å². The van der Waals surface area contributed by atoms with E-state index in [0.29, 0.717) is 0 Å². The summed E-state index contributed by atoms with van der Waals surface area (Å²) in [5.74, 6) is -1.03. The highest BCUT2D eigenvalue weighted by Gasteiger charge is 2.29. The number of amides is 1. The number of carbonyl (C=O) groups is 2. The average molecular weight is 415 g/mol. The Labute approximate surface area is 181 Å². The zero-order valence-electron chi connectivity index (χ0n) is 17.6. The van der Waals surface area contributed by atoms with Crippen molar-refractivity contribution >= 4 is 12.1 Å². The van der Waals surface area contributed by atoms with E-state index in [2.05, 4.69) is 29.6 Å². The van der Waals surface area contributed by atoms with E-state index in [-0.39, 0.29) is 18.9 Å². The van der Waals surface area contributed by atoms with Gasteiger partial charge in [0.05, 0.1) is 12.5 Å². The molecule has 0 aromatic heterocycles. The van der Waals surface area contributed by atoms with Crippen LogP contribution in [-0.4, -0.2) is 23.8 Å². The quantitative estimate of drug-likeness (QED) is 0.568. The van der Waals surface area contributed by atoms with Gasteiger partial charge in [0.1, 0.15) is 6.61 Å². The molecule has 5 heteroatoms. The van der Waals surface area contributed by atoms with Crippen LogP contribution in [0.1, 0.15) is 46.2 Å². The second kappa shape index (κ2) is 8.64. The third-order valence-corrected chi connectivity index (χ3v) is 5.82. The summed E-state index contributed by atoms with van der Waals surface area (Å²) in [5.41, 5.74) is 7.38. The molecule has 158 valence electrons. The Morgan fingerprint density at radius 3 is 2.16 bits per heavy atom. The van der Waals surface area contributed by atoms with Crippen LogP contribution in [0.2, 0.25) is 0 Å². The van der Waals surface area contributed by atoms with Gasteiger partial charge in [-0.3, -0.25) is 4.79 Å². The Morgan fingerprint density at radius 1 is 0.968 bits per heavy atom. The molecule has 0 radical (unpaired) electrons. The maximum Gasteiger partial charge on any atom is 0.407 e. The number of nitrogens with one attached hydrogen (secondary N) is 1. The van der Waals surface area contributed by atoms with E-state index in [1.165, 1.54) is 0 Å². The summed E-state index contributed by atoms with van der Waals surface area (Å²) in [6.07, 6.45) is -0.832. The summed E-state index contributed by atoms with van der Waals surface area (Å²) in [7, 11) is 0. The number of rotatable bonds is 6. The topological polar surface area (TPSA) is 75.6 Å². The first-order chi connectivity index (χ1) is 14.9. The first-order valence-corrected chi connectivity index (χ1v) is 10.3. The standard InChI is InChI=1S/C26H25NO4/c1-16-11-12-18(17(2)13-16)24(14-25(28)29)27-26(30)31-15-23-21-9-5-3-7-19(21)20-8-4-6-10-22(20)23/h3-13,23-24H,14-15H2,1-2H3,(H,27,30)(H,28,29).